The molecule has 0 atom stereocenters. The molecule has 1 aliphatic rings. The van der Waals surface area contributed by atoms with E-state index in [0.29, 0.717) is 16.8 Å². The first kappa shape index (κ1) is 21.6. The Morgan fingerprint density at radius 1 is 1.10 bits per heavy atom. The van der Waals surface area contributed by atoms with Crippen molar-refractivity contribution in [2.24, 2.45) is 0 Å². The van der Waals surface area contributed by atoms with Crippen molar-refractivity contribution < 1.29 is 32.6 Å². The summed E-state index contributed by atoms with van der Waals surface area (Å²) < 4.78 is 41.2. The molecule has 2 aromatic carbocycles. The van der Waals surface area contributed by atoms with E-state index in [0.717, 1.165) is 0 Å². The minimum atomic E-state index is -4.81. The Bertz CT molecular complexity index is 921. The van der Waals surface area contributed by atoms with Gasteiger partial charge in [-0.05, 0) is 61.7 Å². The second-order valence-electron chi connectivity index (χ2n) is 7.16. The molecule has 1 fully saturated rings. The summed E-state index contributed by atoms with van der Waals surface area (Å²) in [4.78, 5) is 25.3. The van der Waals surface area contributed by atoms with Crippen LogP contribution in [0.2, 0.25) is 0 Å². The molecule has 0 radical (unpaired) electrons. The Balaban J connectivity index is 1.61. The molecule has 9 heteroatoms. The van der Waals surface area contributed by atoms with Crippen molar-refractivity contribution in [2.75, 3.05) is 18.4 Å². The van der Waals surface area contributed by atoms with E-state index in [1.54, 1.807) is 24.3 Å². The number of alkyl halides is 3. The van der Waals surface area contributed by atoms with Crippen LogP contribution in [0, 0.1) is 0 Å². The van der Waals surface area contributed by atoms with E-state index in [-0.39, 0.29) is 37.7 Å². The number of amides is 2. The average Bonchev–Trinajstić information content (AvgIpc) is 2.68. The van der Waals surface area contributed by atoms with Gasteiger partial charge in [0.2, 0.25) is 0 Å². The lowest BCUT2D eigenvalue weighted by molar-refractivity contribution is -0.274. The summed E-state index contributed by atoms with van der Waals surface area (Å²) in [6.45, 7) is 1.89. The number of hydrogen-bond donors (Lipinski definition) is 2. The normalized spacial score (nSPS) is 16.1. The summed E-state index contributed by atoms with van der Waals surface area (Å²) in [6, 6.07) is 11.4. The van der Waals surface area contributed by atoms with Crippen molar-refractivity contribution >= 4 is 17.5 Å². The molecule has 2 aromatic rings. The van der Waals surface area contributed by atoms with Gasteiger partial charge in [0.15, 0.2) is 5.78 Å². The van der Waals surface area contributed by atoms with Crippen molar-refractivity contribution in [3.63, 3.8) is 0 Å². The lowest BCUT2D eigenvalue weighted by Crippen LogP contribution is -2.46. The van der Waals surface area contributed by atoms with Crippen LogP contribution in [-0.4, -0.2) is 41.3 Å². The predicted octanol–water partition coefficient (Wildman–Crippen LogP) is 4.30. The summed E-state index contributed by atoms with van der Waals surface area (Å²) >= 11 is 0. The van der Waals surface area contributed by atoms with Crippen molar-refractivity contribution in [3.8, 4) is 5.75 Å². The van der Waals surface area contributed by atoms with E-state index in [1.807, 2.05) is 0 Å². The number of ketones is 1. The number of hydrogen-bond acceptors (Lipinski definition) is 4. The Hall–Kier alpha value is -3.07. The predicted molar refractivity (Wildman–Crippen MR) is 103 cm³/mol. The maximum atomic E-state index is 12.5. The smallest absolute Gasteiger partial charge is 0.406 e. The molecule has 1 heterocycles. The molecule has 0 spiro atoms. The highest BCUT2D eigenvalue weighted by molar-refractivity contribution is 5.95. The van der Waals surface area contributed by atoms with Crippen LogP contribution in [0.3, 0.4) is 0 Å². The van der Waals surface area contributed by atoms with Gasteiger partial charge in [0, 0.05) is 24.3 Å². The zero-order chi connectivity index (χ0) is 21.9. The fourth-order valence-corrected chi connectivity index (χ4v) is 3.34. The van der Waals surface area contributed by atoms with Gasteiger partial charge in [-0.1, -0.05) is 12.1 Å². The number of nitrogens with one attached hydrogen (secondary N) is 1. The standard InChI is InChI=1S/C21H21F3N2O4/c1-14(27)15-5-7-17(8-6-15)25-19(28)26-11-9-20(29,10-12-26)16-3-2-4-18(13-16)30-21(22,23)24/h2-8,13,29H,9-12H2,1H3,(H,25,28). The molecule has 0 saturated carbocycles. The zero-order valence-electron chi connectivity index (χ0n) is 16.2. The molecule has 0 aromatic heterocycles. The van der Waals surface area contributed by atoms with E-state index < -0.39 is 17.7 Å². The third-order valence-corrected chi connectivity index (χ3v) is 5.03. The molecule has 3 rings (SSSR count). The lowest BCUT2D eigenvalue weighted by Gasteiger charge is -2.38. The summed E-state index contributed by atoms with van der Waals surface area (Å²) in [5.41, 5.74) is 0.0185. The average molecular weight is 422 g/mol. The van der Waals surface area contributed by atoms with Gasteiger partial charge in [-0.25, -0.2) is 4.79 Å². The lowest BCUT2D eigenvalue weighted by atomic mass is 9.84. The Morgan fingerprint density at radius 3 is 2.30 bits per heavy atom. The van der Waals surface area contributed by atoms with Gasteiger partial charge in [0.25, 0.3) is 0 Å². The largest absolute Gasteiger partial charge is 0.573 e. The number of nitrogens with zero attached hydrogens (tertiary/aromatic N) is 1. The number of carbonyl (C=O) groups is 2. The number of ether oxygens (including phenoxy) is 1. The molecule has 2 amide bonds. The third-order valence-electron chi connectivity index (χ3n) is 5.03. The van der Waals surface area contributed by atoms with Crippen LogP contribution in [0.5, 0.6) is 5.75 Å². The van der Waals surface area contributed by atoms with Crippen molar-refractivity contribution in [2.45, 2.75) is 31.7 Å². The number of Topliss-reactive ketones (excluding diaryl/α,β-unsaturated/α-hetero) is 1. The molecule has 0 bridgehead atoms. The Morgan fingerprint density at radius 2 is 1.73 bits per heavy atom. The molecule has 2 N–H and O–H groups in total. The molecule has 0 aliphatic carbocycles. The molecular formula is C21H21F3N2O4. The van der Waals surface area contributed by atoms with Crippen molar-refractivity contribution in [1.29, 1.82) is 0 Å². The van der Waals surface area contributed by atoms with Crippen molar-refractivity contribution in [1.82, 2.24) is 4.90 Å². The molecule has 1 saturated heterocycles. The monoisotopic (exact) mass is 422 g/mol. The number of carbonyl (C=O) groups excluding carboxylic acids is 2. The summed E-state index contributed by atoms with van der Waals surface area (Å²) in [7, 11) is 0. The maximum Gasteiger partial charge on any atom is 0.573 e. The number of likely N-dealkylation sites (tertiary alicyclic amines) is 1. The van der Waals surface area contributed by atoms with Gasteiger partial charge in [0.1, 0.15) is 5.75 Å². The second kappa shape index (κ2) is 8.35. The minimum Gasteiger partial charge on any atom is -0.406 e. The third kappa shape index (κ3) is 5.29. The van der Waals surface area contributed by atoms with Crippen LogP contribution >= 0.6 is 0 Å². The highest BCUT2D eigenvalue weighted by Gasteiger charge is 2.37. The minimum absolute atomic E-state index is 0.0760. The van der Waals surface area contributed by atoms with Crippen LogP contribution in [0.4, 0.5) is 23.7 Å². The Labute approximate surface area is 171 Å². The molecule has 30 heavy (non-hydrogen) atoms. The van der Waals surface area contributed by atoms with Gasteiger partial charge in [-0.2, -0.15) is 0 Å². The van der Waals surface area contributed by atoms with Gasteiger partial charge >= 0.3 is 12.4 Å². The highest BCUT2D eigenvalue weighted by atomic mass is 19.4. The van der Waals surface area contributed by atoms with Gasteiger partial charge in [-0.3, -0.25) is 4.79 Å². The first-order chi connectivity index (χ1) is 14.1. The summed E-state index contributed by atoms with van der Waals surface area (Å²) in [5, 5.41) is 13.6. The van der Waals surface area contributed by atoms with Crippen LogP contribution in [0.15, 0.2) is 48.5 Å². The fraction of sp³-hybridized carbons (Fsp3) is 0.333. The number of anilines is 1. The van der Waals surface area contributed by atoms with Gasteiger partial charge in [-0.15, -0.1) is 13.2 Å². The fourth-order valence-electron chi connectivity index (χ4n) is 3.34. The number of urea groups is 1. The van der Waals surface area contributed by atoms with E-state index in [2.05, 4.69) is 10.1 Å². The number of aliphatic hydroxyl groups is 1. The van der Waals surface area contributed by atoms with Crippen LogP contribution in [0.25, 0.3) is 0 Å². The number of halogens is 3. The van der Waals surface area contributed by atoms with E-state index >= 15 is 0 Å². The van der Waals surface area contributed by atoms with Gasteiger partial charge in [0.05, 0.1) is 5.60 Å². The highest BCUT2D eigenvalue weighted by Crippen LogP contribution is 2.35. The van der Waals surface area contributed by atoms with E-state index in [4.69, 9.17) is 0 Å². The summed E-state index contributed by atoms with van der Waals surface area (Å²) in [5.74, 6) is -0.476. The Kier molecular flexibility index (Phi) is 6.02. The van der Waals surface area contributed by atoms with Crippen LogP contribution in [-0.2, 0) is 5.60 Å². The van der Waals surface area contributed by atoms with E-state index in [9.17, 15) is 27.9 Å². The molecule has 160 valence electrons. The quantitative estimate of drug-likeness (QED) is 0.720. The molecular weight excluding hydrogens is 401 g/mol. The van der Waals surface area contributed by atoms with E-state index in [1.165, 1.54) is 36.1 Å². The molecule has 0 unspecified atom stereocenters. The number of benzene rings is 2. The topological polar surface area (TPSA) is 78.9 Å². The number of rotatable bonds is 4. The zero-order valence-corrected chi connectivity index (χ0v) is 16.2. The first-order valence-electron chi connectivity index (χ1n) is 9.31. The van der Waals surface area contributed by atoms with Crippen molar-refractivity contribution in [3.05, 3.63) is 59.7 Å². The summed E-state index contributed by atoms with van der Waals surface area (Å²) in [6.07, 6.45) is -4.48. The SMILES string of the molecule is CC(=O)c1ccc(NC(=O)N2CCC(O)(c3cccc(OC(F)(F)F)c3)CC2)cc1. The molecule has 1 aliphatic heterocycles. The maximum absolute atomic E-state index is 12.5. The first-order valence-corrected chi connectivity index (χ1v) is 9.31. The van der Waals surface area contributed by atoms with Crippen LogP contribution in [0.1, 0.15) is 35.7 Å². The number of piperidine rings is 1. The second-order valence-corrected chi connectivity index (χ2v) is 7.16. The molecule has 6 nitrogen and oxygen atoms in total. The van der Waals surface area contributed by atoms with Crippen LogP contribution < -0.4 is 10.1 Å². The van der Waals surface area contributed by atoms with Gasteiger partial charge < -0.3 is 20.1 Å².